The van der Waals surface area contributed by atoms with E-state index < -0.39 is 5.97 Å². The molecule has 17 heavy (non-hydrogen) atoms. The Morgan fingerprint density at radius 3 is 2.53 bits per heavy atom. The van der Waals surface area contributed by atoms with Gasteiger partial charge in [-0.3, -0.25) is 4.79 Å². The summed E-state index contributed by atoms with van der Waals surface area (Å²) in [6, 6.07) is 4.48. The summed E-state index contributed by atoms with van der Waals surface area (Å²) in [5.74, 6) is -0.659. The molecule has 0 atom stereocenters. The van der Waals surface area contributed by atoms with Crippen LogP contribution in [-0.4, -0.2) is 23.5 Å². The summed E-state index contributed by atoms with van der Waals surface area (Å²) in [5, 5.41) is 11.7. The van der Waals surface area contributed by atoms with E-state index in [4.69, 9.17) is 5.11 Å². The van der Waals surface area contributed by atoms with Crippen molar-refractivity contribution in [1.29, 1.82) is 0 Å². The molecule has 0 unspecified atom stereocenters. The van der Waals surface area contributed by atoms with Gasteiger partial charge in [0.1, 0.15) is 0 Å². The summed E-state index contributed by atoms with van der Waals surface area (Å²) in [5.41, 5.74) is 0.480. The average Bonchev–Trinajstić information content (AvgIpc) is 3.08. The maximum absolute atomic E-state index is 11.8. The quantitative estimate of drug-likeness (QED) is 0.896. The summed E-state index contributed by atoms with van der Waals surface area (Å²) in [6.45, 7) is 0.674. The molecule has 0 aromatic heterocycles. The van der Waals surface area contributed by atoms with E-state index in [1.165, 1.54) is 25.0 Å². The van der Waals surface area contributed by atoms with Gasteiger partial charge in [-0.1, -0.05) is 15.9 Å². The molecular weight excluding hydrogens is 286 g/mol. The zero-order valence-corrected chi connectivity index (χ0v) is 10.7. The van der Waals surface area contributed by atoms with Gasteiger partial charge in [0, 0.05) is 16.6 Å². The highest BCUT2D eigenvalue weighted by Crippen LogP contribution is 2.27. The molecule has 0 spiro atoms. The lowest BCUT2D eigenvalue weighted by molar-refractivity contribution is 0.0697. The fraction of sp³-hybridized carbons (Fsp3) is 0.333. The van der Waals surface area contributed by atoms with Crippen LogP contribution < -0.4 is 5.32 Å². The highest BCUT2D eigenvalue weighted by molar-refractivity contribution is 9.10. The molecule has 2 N–H and O–H groups in total. The van der Waals surface area contributed by atoms with Gasteiger partial charge in [-0.2, -0.15) is 0 Å². The van der Waals surface area contributed by atoms with Crippen LogP contribution in [0, 0.1) is 5.92 Å². The lowest BCUT2D eigenvalue weighted by atomic mass is 10.1. The van der Waals surface area contributed by atoms with Crippen LogP contribution in [0.5, 0.6) is 0 Å². The van der Waals surface area contributed by atoms with E-state index in [2.05, 4.69) is 21.2 Å². The van der Waals surface area contributed by atoms with Crippen molar-refractivity contribution in [2.24, 2.45) is 5.92 Å². The number of carboxylic acids is 1. The molecule has 1 amide bonds. The van der Waals surface area contributed by atoms with Crippen LogP contribution in [-0.2, 0) is 0 Å². The first-order valence-corrected chi connectivity index (χ1v) is 6.17. The maximum atomic E-state index is 11.8. The molecule has 1 aliphatic rings. The topological polar surface area (TPSA) is 66.4 Å². The molecule has 5 heteroatoms. The molecule has 1 fully saturated rings. The SMILES string of the molecule is O=C(O)c1cc(Br)cc(C(=O)NCC2CC2)c1. The lowest BCUT2D eigenvalue weighted by Crippen LogP contribution is -2.25. The number of carbonyl (C=O) groups is 2. The number of halogens is 1. The molecule has 0 bridgehead atoms. The Balaban J connectivity index is 2.12. The first-order valence-electron chi connectivity index (χ1n) is 5.38. The van der Waals surface area contributed by atoms with Gasteiger partial charge in [0.25, 0.3) is 5.91 Å². The second-order valence-corrected chi connectivity index (χ2v) is 5.10. The number of amides is 1. The van der Waals surface area contributed by atoms with Crippen molar-refractivity contribution in [1.82, 2.24) is 5.32 Å². The highest BCUT2D eigenvalue weighted by Gasteiger charge is 2.22. The van der Waals surface area contributed by atoms with Crippen molar-refractivity contribution in [2.45, 2.75) is 12.8 Å². The Kier molecular flexibility index (Phi) is 3.47. The molecule has 1 aromatic carbocycles. The lowest BCUT2D eigenvalue weighted by Gasteiger charge is -2.05. The van der Waals surface area contributed by atoms with Crippen LogP contribution in [0.1, 0.15) is 33.6 Å². The van der Waals surface area contributed by atoms with Crippen molar-refractivity contribution >= 4 is 27.8 Å². The Labute approximate surface area is 107 Å². The number of hydrogen-bond donors (Lipinski definition) is 2. The Morgan fingerprint density at radius 1 is 1.29 bits per heavy atom. The van der Waals surface area contributed by atoms with Crippen molar-refractivity contribution in [3.63, 3.8) is 0 Å². The zero-order valence-electron chi connectivity index (χ0n) is 9.07. The predicted molar refractivity (Wildman–Crippen MR) is 66.2 cm³/mol. The fourth-order valence-electron chi connectivity index (χ4n) is 1.51. The predicted octanol–water partition coefficient (Wildman–Crippen LogP) is 2.29. The van der Waals surface area contributed by atoms with Gasteiger partial charge in [0.2, 0.25) is 0 Å². The van der Waals surface area contributed by atoms with Crippen LogP contribution in [0.25, 0.3) is 0 Å². The number of carboxylic acid groups (broad SMARTS) is 1. The van der Waals surface area contributed by atoms with Crippen LogP contribution in [0.2, 0.25) is 0 Å². The Bertz CT molecular complexity index is 469. The third kappa shape index (κ3) is 3.30. The minimum absolute atomic E-state index is 0.107. The molecule has 1 aromatic rings. The summed E-state index contributed by atoms with van der Waals surface area (Å²) < 4.78 is 0.592. The number of benzene rings is 1. The van der Waals surface area contributed by atoms with E-state index in [0.29, 0.717) is 22.5 Å². The van der Waals surface area contributed by atoms with Gasteiger partial charge in [0.05, 0.1) is 5.56 Å². The van der Waals surface area contributed by atoms with Crippen LogP contribution in [0.15, 0.2) is 22.7 Å². The third-order valence-electron chi connectivity index (χ3n) is 2.66. The van der Waals surface area contributed by atoms with E-state index >= 15 is 0 Å². The normalized spacial score (nSPS) is 14.4. The summed E-state index contributed by atoms with van der Waals surface area (Å²) in [7, 11) is 0. The maximum Gasteiger partial charge on any atom is 0.335 e. The molecule has 0 saturated heterocycles. The van der Waals surface area contributed by atoms with Crippen LogP contribution in [0.4, 0.5) is 0 Å². The molecular formula is C12H12BrNO3. The van der Waals surface area contributed by atoms with E-state index in [1.54, 1.807) is 6.07 Å². The molecule has 4 nitrogen and oxygen atoms in total. The van der Waals surface area contributed by atoms with Gasteiger partial charge in [0.15, 0.2) is 0 Å². The van der Waals surface area contributed by atoms with Gasteiger partial charge in [-0.15, -0.1) is 0 Å². The fourth-order valence-corrected chi connectivity index (χ4v) is 2.00. The number of hydrogen-bond acceptors (Lipinski definition) is 2. The molecule has 2 rings (SSSR count). The molecule has 90 valence electrons. The Hall–Kier alpha value is -1.36. The van der Waals surface area contributed by atoms with Crippen molar-refractivity contribution in [2.75, 3.05) is 6.54 Å². The summed E-state index contributed by atoms with van der Waals surface area (Å²) in [6.07, 6.45) is 2.33. The van der Waals surface area contributed by atoms with Crippen molar-refractivity contribution in [3.05, 3.63) is 33.8 Å². The Morgan fingerprint density at radius 2 is 1.94 bits per heavy atom. The van der Waals surface area contributed by atoms with Crippen LogP contribution in [0.3, 0.4) is 0 Å². The molecule has 0 aliphatic heterocycles. The van der Waals surface area contributed by atoms with E-state index in [-0.39, 0.29) is 11.5 Å². The second kappa shape index (κ2) is 4.87. The van der Waals surface area contributed by atoms with E-state index in [9.17, 15) is 9.59 Å². The van der Waals surface area contributed by atoms with Gasteiger partial charge < -0.3 is 10.4 Å². The molecule has 0 radical (unpaired) electrons. The van der Waals surface area contributed by atoms with E-state index in [0.717, 1.165) is 0 Å². The van der Waals surface area contributed by atoms with E-state index in [1.807, 2.05) is 0 Å². The minimum atomic E-state index is -1.04. The molecule has 1 saturated carbocycles. The highest BCUT2D eigenvalue weighted by atomic mass is 79.9. The number of nitrogens with one attached hydrogen (secondary N) is 1. The zero-order chi connectivity index (χ0) is 12.4. The third-order valence-corrected chi connectivity index (χ3v) is 3.11. The standard InChI is InChI=1S/C12H12BrNO3/c13-10-4-8(3-9(5-10)12(16)17)11(15)14-6-7-1-2-7/h3-5,7H,1-2,6H2,(H,14,15)(H,16,17). The monoisotopic (exact) mass is 297 g/mol. The molecule has 0 heterocycles. The first kappa shape index (κ1) is 12.1. The number of carbonyl (C=O) groups excluding carboxylic acids is 1. The largest absolute Gasteiger partial charge is 0.478 e. The van der Waals surface area contributed by atoms with Crippen molar-refractivity contribution < 1.29 is 14.7 Å². The molecule has 1 aliphatic carbocycles. The number of aromatic carboxylic acids is 1. The van der Waals surface area contributed by atoms with Gasteiger partial charge in [-0.25, -0.2) is 4.79 Å². The minimum Gasteiger partial charge on any atom is -0.478 e. The second-order valence-electron chi connectivity index (χ2n) is 4.19. The van der Waals surface area contributed by atoms with Gasteiger partial charge in [-0.05, 0) is 37.0 Å². The number of rotatable bonds is 4. The first-order chi connectivity index (χ1) is 8.06. The van der Waals surface area contributed by atoms with Gasteiger partial charge >= 0.3 is 5.97 Å². The smallest absolute Gasteiger partial charge is 0.335 e. The average molecular weight is 298 g/mol. The van der Waals surface area contributed by atoms with Crippen LogP contribution >= 0.6 is 15.9 Å². The summed E-state index contributed by atoms with van der Waals surface area (Å²) in [4.78, 5) is 22.6. The van der Waals surface area contributed by atoms with Crippen molar-refractivity contribution in [3.8, 4) is 0 Å². The summed E-state index contributed by atoms with van der Waals surface area (Å²) >= 11 is 3.20.